The van der Waals surface area contributed by atoms with E-state index < -0.39 is 0 Å². The molecule has 0 aliphatic heterocycles. The number of nitrogens with zero attached hydrogens (tertiary/aromatic N) is 3. The lowest BCUT2D eigenvalue weighted by atomic mass is 10.1. The minimum atomic E-state index is -0.187. The van der Waals surface area contributed by atoms with Gasteiger partial charge in [-0.1, -0.05) is 31.4 Å². The zero-order chi connectivity index (χ0) is 23.9. The lowest BCUT2D eigenvalue weighted by molar-refractivity contribution is 0.102. The Hall–Kier alpha value is -4.58. The number of benzene rings is 2. The largest absolute Gasteiger partial charge is 0.356 e. The van der Waals surface area contributed by atoms with Crippen LogP contribution in [0.5, 0.6) is 0 Å². The van der Waals surface area contributed by atoms with Gasteiger partial charge in [0.15, 0.2) is 0 Å². The lowest BCUT2D eigenvalue weighted by Gasteiger charge is -2.12. The molecule has 168 valence electrons. The summed E-state index contributed by atoms with van der Waals surface area (Å²) >= 11 is 0. The molecule has 34 heavy (non-hydrogen) atoms. The zero-order valence-corrected chi connectivity index (χ0v) is 19.0. The first-order valence-electron chi connectivity index (χ1n) is 10.8. The molecule has 2 N–H and O–H groups in total. The Morgan fingerprint density at radius 2 is 1.85 bits per heavy atom. The fourth-order valence-electron chi connectivity index (χ4n) is 3.37. The van der Waals surface area contributed by atoms with Gasteiger partial charge in [0.2, 0.25) is 0 Å². The summed E-state index contributed by atoms with van der Waals surface area (Å²) in [5.41, 5.74) is 6.61. The number of rotatable bonds is 8. The highest BCUT2D eigenvalue weighted by Gasteiger charge is 2.10. The Bertz CT molecular complexity index is 1330. The average molecular weight is 448 g/mol. The maximum absolute atomic E-state index is 12.8. The lowest BCUT2D eigenvalue weighted by Crippen LogP contribution is -2.12. The Balaban J connectivity index is 1.43. The molecule has 0 saturated heterocycles. The first kappa shape index (κ1) is 22.6. The summed E-state index contributed by atoms with van der Waals surface area (Å²) in [6.07, 6.45) is 7.50. The quantitative estimate of drug-likeness (QED) is 0.334. The van der Waals surface area contributed by atoms with Gasteiger partial charge in [-0.3, -0.25) is 9.78 Å². The molecule has 0 spiro atoms. The monoisotopic (exact) mass is 447 g/mol. The molecule has 0 radical (unpaired) electrons. The Labute approximate surface area is 199 Å². The van der Waals surface area contributed by atoms with E-state index in [-0.39, 0.29) is 5.91 Å². The number of amides is 1. The van der Waals surface area contributed by atoms with E-state index in [4.69, 9.17) is 0 Å². The van der Waals surface area contributed by atoms with Crippen LogP contribution in [-0.2, 0) is 6.42 Å². The topological polar surface area (TPSA) is 79.8 Å². The summed E-state index contributed by atoms with van der Waals surface area (Å²) in [7, 11) is 0. The van der Waals surface area contributed by atoms with Crippen molar-refractivity contribution in [2.24, 2.45) is 0 Å². The van der Waals surface area contributed by atoms with Crippen LogP contribution in [0.2, 0.25) is 0 Å². The number of aryl methyl sites for hydroxylation is 1. The van der Waals surface area contributed by atoms with Crippen molar-refractivity contribution in [2.45, 2.75) is 13.3 Å². The molecule has 2 aromatic carbocycles. The van der Waals surface area contributed by atoms with E-state index in [1.54, 1.807) is 36.8 Å². The number of nitrogens with one attached hydrogen (secondary N) is 2. The van der Waals surface area contributed by atoms with Gasteiger partial charge in [-0.05, 0) is 66.6 Å². The normalized spacial score (nSPS) is 10.4. The number of aromatic nitrogens is 3. The molecule has 0 saturated carbocycles. The van der Waals surface area contributed by atoms with E-state index in [9.17, 15) is 4.79 Å². The second kappa shape index (κ2) is 10.4. The highest BCUT2D eigenvalue weighted by Crippen LogP contribution is 2.21. The highest BCUT2D eigenvalue weighted by molar-refractivity contribution is 6.05. The van der Waals surface area contributed by atoms with Gasteiger partial charge in [-0.25, -0.2) is 9.97 Å². The van der Waals surface area contributed by atoms with Crippen LogP contribution in [0.15, 0.2) is 104 Å². The van der Waals surface area contributed by atoms with Crippen LogP contribution in [0.3, 0.4) is 0 Å². The molecule has 0 aliphatic carbocycles. The minimum Gasteiger partial charge on any atom is -0.356 e. The Morgan fingerprint density at radius 1 is 1.03 bits per heavy atom. The molecule has 2 heterocycles. The molecule has 4 rings (SSSR count). The van der Waals surface area contributed by atoms with Gasteiger partial charge >= 0.3 is 0 Å². The molecule has 0 bridgehead atoms. The highest BCUT2D eigenvalue weighted by atomic mass is 16.1. The molecular formula is C28H25N5O. The number of pyridine rings is 1. The minimum absolute atomic E-state index is 0.187. The van der Waals surface area contributed by atoms with Crippen LogP contribution < -0.4 is 10.6 Å². The van der Waals surface area contributed by atoms with E-state index in [2.05, 4.69) is 38.7 Å². The molecule has 6 nitrogen and oxygen atoms in total. The predicted molar refractivity (Wildman–Crippen MR) is 137 cm³/mol. The summed E-state index contributed by atoms with van der Waals surface area (Å²) in [5.74, 6) is 0.534. The molecule has 0 unspecified atom stereocenters. The summed E-state index contributed by atoms with van der Waals surface area (Å²) in [4.78, 5) is 26.0. The van der Waals surface area contributed by atoms with Gasteiger partial charge < -0.3 is 10.6 Å². The van der Waals surface area contributed by atoms with E-state index in [0.717, 1.165) is 33.9 Å². The summed E-state index contributed by atoms with van der Waals surface area (Å²) in [6.45, 7) is 9.54. The third-order valence-electron chi connectivity index (χ3n) is 5.28. The Kier molecular flexibility index (Phi) is 6.89. The van der Waals surface area contributed by atoms with Crippen LogP contribution in [0.25, 0.3) is 11.3 Å². The van der Waals surface area contributed by atoms with E-state index in [1.165, 1.54) is 0 Å². The molecule has 0 aliphatic rings. The second-order valence-corrected chi connectivity index (χ2v) is 7.81. The van der Waals surface area contributed by atoms with E-state index in [1.807, 2.05) is 55.5 Å². The first-order chi connectivity index (χ1) is 16.5. The number of carbonyl (C=O) groups is 1. The van der Waals surface area contributed by atoms with E-state index in [0.29, 0.717) is 23.4 Å². The molecule has 1 amide bonds. The van der Waals surface area contributed by atoms with Crippen molar-refractivity contribution in [1.82, 2.24) is 15.0 Å². The SMILES string of the molecule is C=CC(=C)Nc1cc(C(=O)Nc2ccc(Cc3nccc(-c4cccnc4)n3)cc2)ccc1C. The second-order valence-electron chi connectivity index (χ2n) is 7.81. The standard InChI is InChI=1S/C28H25N5O/c1-4-20(3)31-26-17-22(10-7-19(26)2)28(34)32-24-11-8-21(9-12-24)16-27-30-15-13-25(33-27)23-6-5-14-29-18-23/h4-15,17-18,31H,1,3,16H2,2H3,(H,32,34). The van der Waals surface area contributed by atoms with Gasteiger partial charge in [0.1, 0.15) is 5.82 Å². The molecule has 2 aromatic heterocycles. The molecule has 6 heteroatoms. The Morgan fingerprint density at radius 3 is 2.59 bits per heavy atom. The first-order valence-corrected chi connectivity index (χ1v) is 10.8. The van der Waals surface area contributed by atoms with Gasteiger partial charge in [0, 0.05) is 53.2 Å². The average Bonchev–Trinajstić information content (AvgIpc) is 2.87. The van der Waals surface area contributed by atoms with Gasteiger partial charge in [0.25, 0.3) is 5.91 Å². The van der Waals surface area contributed by atoms with Crippen molar-refractivity contribution in [3.05, 3.63) is 127 Å². The summed E-state index contributed by atoms with van der Waals surface area (Å²) in [6, 6.07) is 18.9. The van der Waals surface area contributed by atoms with Gasteiger partial charge in [0.05, 0.1) is 5.69 Å². The summed E-state index contributed by atoms with van der Waals surface area (Å²) < 4.78 is 0. The number of hydrogen-bond donors (Lipinski definition) is 2. The summed E-state index contributed by atoms with van der Waals surface area (Å²) in [5, 5.41) is 6.10. The van der Waals surface area contributed by atoms with Crippen LogP contribution in [0.1, 0.15) is 27.3 Å². The number of anilines is 2. The van der Waals surface area contributed by atoms with Crippen molar-refractivity contribution in [2.75, 3.05) is 10.6 Å². The van der Waals surface area contributed by atoms with Crippen LogP contribution >= 0.6 is 0 Å². The fraction of sp³-hybridized carbons (Fsp3) is 0.0714. The van der Waals surface area contributed by atoms with Crippen molar-refractivity contribution in [1.29, 1.82) is 0 Å². The maximum atomic E-state index is 12.8. The molecule has 0 atom stereocenters. The van der Waals surface area contributed by atoms with Crippen molar-refractivity contribution >= 4 is 17.3 Å². The van der Waals surface area contributed by atoms with Crippen LogP contribution in [0, 0.1) is 6.92 Å². The molecule has 4 aromatic rings. The molecule has 0 fully saturated rings. The van der Waals surface area contributed by atoms with Crippen molar-refractivity contribution in [3.63, 3.8) is 0 Å². The number of carbonyl (C=O) groups excluding carboxylic acids is 1. The fourth-order valence-corrected chi connectivity index (χ4v) is 3.37. The third-order valence-corrected chi connectivity index (χ3v) is 5.28. The van der Waals surface area contributed by atoms with Gasteiger partial charge in [-0.2, -0.15) is 0 Å². The van der Waals surface area contributed by atoms with Crippen molar-refractivity contribution in [3.8, 4) is 11.3 Å². The van der Waals surface area contributed by atoms with Gasteiger partial charge in [-0.15, -0.1) is 0 Å². The third kappa shape index (κ3) is 5.61. The number of hydrogen-bond acceptors (Lipinski definition) is 5. The number of allylic oxidation sites excluding steroid dienone is 1. The van der Waals surface area contributed by atoms with Crippen molar-refractivity contribution < 1.29 is 4.79 Å². The smallest absolute Gasteiger partial charge is 0.255 e. The van der Waals surface area contributed by atoms with Crippen LogP contribution in [-0.4, -0.2) is 20.9 Å². The van der Waals surface area contributed by atoms with E-state index >= 15 is 0 Å². The van der Waals surface area contributed by atoms with Crippen LogP contribution in [0.4, 0.5) is 11.4 Å². The molecular weight excluding hydrogens is 422 g/mol. The predicted octanol–water partition coefficient (Wildman–Crippen LogP) is 5.80. The zero-order valence-electron chi connectivity index (χ0n) is 19.0. The maximum Gasteiger partial charge on any atom is 0.255 e.